The summed E-state index contributed by atoms with van der Waals surface area (Å²) >= 11 is 0. The third-order valence-electron chi connectivity index (χ3n) is 3.58. The third kappa shape index (κ3) is 2.79. The molecule has 1 aliphatic heterocycles. The van der Waals surface area contributed by atoms with Gasteiger partial charge in [-0.25, -0.2) is 0 Å². The minimum Gasteiger partial charge on any atom is -0.391 e. The van der Waals surface area contributed by atoms with Crippen molar-refractivity contribution in [3.63, 3.8) is 0 Å². The van der Waals surface area contributed by atoms with Crippen molar-refractivity contribution >= 4 is 11.6 Å². The standard InChI is InChI=1S/C12H18N4O4/c1-8-12(16(19)20)9(2)15(13-8)6-4-11(18)14-5-3-10(17)7-14/h10,17H,3-7H2,1-2H3/t10-/m1/s1. The normalized spacial score (nSPS) is 18.6. The number of likely N-dealkylation sites (tertiary alicyclic amines) is 1. The summed E-state index contributed by atoms with van der Waals surface area (Å²) in [5.41, 5.74) is 0.826. The smallest absolute Gasteiger partial charge is 0.312 e. The first-order valence-electron chi connectivity index (χ1n) is 6.54. The highest BCUT2D eigenvalue weighted by atomic mass is 16.6. The van der Waals surface area contributed by atoms with Gasteiger partial charge in [-0.3, -0.25) is 19.6 Å². The first kappa shape index (κ1) is 14.4. The van der Waals surface area contributed by atoms with Gasteiger partial charge in [-0.2, -0.15) is 5.10 Å². The zero-order chi connectivity index (χ0) is 14.9. The van der Waals surface area contributed by atoms with Crippen LogP contribution in [0.25, 0.3) is 0 Å². The highest BCUT2D eigenvalue weighted by Gasteiger charge is 2.25. The second kappa shape index (κ2) is 5.58. The fraction of sp³-hybridized carbons (Fsp3) is 0.667. The quantitative estimate of drug-likeness (QED) is 0.636. The molecule has 1 atom stereocenters. The van der Waals surface area contributed by atoms with E-state index in [1.54, 1.807) is 18.7 Å². The second-order valence-electron chi connectivity index (χ2n) is 5.03. The molecule has 0 spiro atoms. The first-order chi connectivity index (χ1) is 9.40. The average molecular weight is 282 g/mol. The molecule has 20 heavy (non-hydrogen) atoms. The molecule has 0 aromatic carbocycles. The number of amides is 1. The fourth-order valence-corrected chi connectivity index (χ4v) is 2.50. The lowest BCUT2D eigenvalue weighted by Crippen LogP contribution is -2.30. The van der Waals surface area contributed by atoms with Crippen LogP contribution >= 0.6 is 0 Å². The molecule has 0 saturated carbocycles. The predicted molar refractivity (Wildman–Crippen MR) is 70.2 cm³/mol. The number of aromatic nitrogens is 2. The summed E-state index contributed by atoms with van der Waals surface area (Å²) in [6.45, 7) is 4.46. The molecule has 1 fully saturated rings. The molecule has 2 rings (SSSR count). The summed E-state index contributed by atoms with van der Waals surface area (Å²) in [7, 11) is 0. The van der Waals surface area contributed by atoms with Crippen LogP contribution in [0.3, 0.4) is 0 Å². The SMILES string of the molecule is Cc1nn(CCC(=O)N2CC[C@@H](O)C2)c(C)c1[N+](=O)[O-]. The van der Waals surface area contributed by atoms with E-state index in [1.165, 1.54) is 4.68 Å². The summed E-state index contributed by atoms with van der Waals surface area (Å²) in [6.07, 6.45) is 0.400. The Balaban J connectivity index is 1.99. The monoisotopic (exact) mass is 282 g/mol. The topological polar surface area (TPSA) is 102 Å². The number of carbonyl (C=O) groups is 1. The van der Waals surface area contributed by atoms with E-state index in [0.717, 1.165) is 0 Å². The van der Waals surface area contributed by atoms with Crippen LogP contribution in [-0.4, -0.2) is 49.8 Å². The van der Waals surface area contributed by atoms with E-state index in [0.29, 0.717) is 37.4 Å². The van der Waals surface area contributed by atoms with Crippen molar-refractivity contribution in [1.29, 1.82) is 0 Å². The van der Waals surface area contributed by atoms with Crippen LogP contribution in [0.15, 0.2) is 0 Å². The lowest BCUT2D eigenvalue weighted by molar-refractivity contribution is -0.386. The molecule has 8 nitrogen and oxygen atoms in total. The molecule has 1 amide bonds. The summed E-state index contributed by atoms with van der Waals surface area (Å²) < 4.78 is 1.50. The van der Waals surface area contributed by atoms with Crippen LogP contribution in [0, 0.1) is 24.0 Å². The first-order valence-corrected chi connectivity index (χ1v) is 6.54. The molecule has 1 aliphatic rings. The van der Waals surface area contributed by atoms with Gasteiger partial charge in [0.25, 0.3) is 0 Å². The van der Waals surface area contributed by atoms with Crippen molar-refractivity contribution in [3.8, 4) is 0 Å². The molecule has 0 radical (unpaired) electrons. The van der Waals surface area contributed by atoms with Gasteiger partial charge >= 0.3 is 5.69 Å². The Kier molecular flexibility index (Phi) is 4.03. The van der Waals surface area contributed by atoms with Gasteiger partial charge in [-0.1, -0.05) is 0 Å². The molecule has 1 aromatic rings. The van der Waals surface area contributed by atoms with Crippen molar-refractivity contribution in [2.24, 2.45) is 0 Å². The second-order valence-corrected chi connectivity index (χ2v) is 5.03. The molecule has 2 heterocycles. The number of nitrogens with zero attached hydrogens (tertiary/aromatic N) is 4. The van der Waals surface area contributed by atoms with Gasteiger partial charge in [0, 0.05) is 19.5 Å². The van der Waals surface area contributed by atoms with E-state index < -0.39 is 11.0 Å². The maximum absolute atomic E-state index is 11.9. The van der Waals surface area contributed by atoms with E-state index in [9.17, 15) is 20.0 Å². The summed E-state index contributed by atoms with van der Waals surface area (Å²) in [6, 6.07) is 0. The molecule has 1 saturated heterocycles. The van der Waals surface area contributed by atoms with Gasteiger partial charge in [0.15, 0.2) is 0 Å². The van der Waals surface area contributed by atoms with Gasteiger partial charge in [0.1, 0.15) is 11.4 Å². The van der Waals surface area contributed by atoms with Crippen molar-refractivity contribution < 1.29 is 14.8 Å². The summed E-state index contributed by atoms with van der Waals surface area (Å²) in [5, 5.41) is 24.4. The number of aryl methyl sites for hydroxylation is 2. The molecule has 1 aromatic heterocycles. The Bertz CT molecular complexity index is 540. The van der Waals surface area contributed by atoms with Crippen molar-refractivity contribution in [3.05, 3.63) is 21.5 Å². The summed E-state index contributed by atoms with van der Waals surface area (Å²) in [5.74, 6) is -0.0586. The van der Waals surface area contributed by atoms with E-state index in [-0.39, 0.29) is 18.0 Å². The zero-order valence-corrected chi connectivity index (χ0v) is 11.6. The summed E-state index contributed by atoms with van der Waals surface area (Å²) in [4.78, 5) is 24.0. The number of hydrogen-bond acceptors (Lipinski definition) is 5. The van der Waals surface area contributed by atoms with Gasteiger partial charge in [0.05, 0.1) is 17.6 Å². The molecule has 110 valence electrons. The largest absolute Gasteiger partial charge is 0.391 e. The van der Waals surface area contributed by atoms with Crippen LogP contribution in [-0.2, 0) is 11.3 Å². The Morgan fingerprint density at radius 1 is 1.55 bits per heavy atom. The van der Waals surface area contributed by atoms with Crippen LogP contribution in [0.2, 0.25) is 0 Å². The average Bonchev–Trinajstić information content (AvgIpc) is 2.90. The van der Waals surface area contributed by atoms with Gasteiger partial charge in [0.2, 0.25) is 5.91 Å². The van der Waals surface area contributed by atoms with Gasteiger partial charge in [-0.05, 0) is 20.3 Å². The Labute approximate surface area is 116 Å². The lowest BCUT2D eigenvalue weighted by Gasteiger charge is -2.15. The molecule has 1 N–H and O–H groups in total. The van der Waals surface area contributed by atoms with Crippen LogP contribution < -0.4 is 0 Å². The number of hydrogen-bond donors (Lipinski definition) is 1. The predicted octanol–water partition coefficient (Wildman–Crippen LogP) is 0.391. The zero-order valence-electron chi connectivity index (χ0n) is 11.6. The Morgan fingerprint density at radius 2 is 2.25 bits per heavy atom. The molecule has 0 unspecified atom stereocenters. The maximum atomic E-state index is 11.9. The molecular weight excluding hydrogens is 264 g/mol. The number of β-amino-alcohol motifs (C(OH)–C–C–N with tert-alkyl or cyclic N) is 1. The Morgan fingerprint density at radius 3 is 2.75 bits per heavy atom. The third-order valence-corrected chi connectivity index (χ3v) is 3.58. The molecule has 0 aliphatic carbocycles. The molecule has 0 bridgehead atoms. The van der Waals surface area contributed by atoms with E-state index >= 15 is 0 Å². The highest BCUT2D eigenvalue weighted by molar-refractivity contribution is 5.76. The van der Waals surface area contributed by atoms with Gasteiger partial charge in [-0.15, -0.1) is 0 Å². The van der Waals surface area contributed by atoms with Gasteiger partial charge < -0.3 is 10.0 Å². The lowest BCUT2D eigenvalue weighted by atomic mass is 10.3. The van der Waals surface area contributed by atoms with E-state index in [2.05, 4.69) is 5.10 Å². The van der Waals surface area contributed by atoms with E-state index in [1.807, 2.05) is 0 Å². The number of nitro groups is 1. The van der Waals surface area contributed by atoms with Crippen LogP contribution in [0.1, 0.15) is 24.2 Å². The number of carbonyl (C=O) groups excluding carboxylic acids is 1. The van der Waals surface area contributed by atoms with E-state index in [4.69, 9.17) is 0 Å². The van der Waals surface area contributed by atoms with Crippen molar-refractivity contribution in [1.82, 2.24) is 14.7 Å². The number of aliphatic hydroxyl groups is 1. The van der Waals surface area contributed by atoms with Crippen molar-refractivity contribution in [2.45, 2.75) is 39.3 Å². The number of rotatable bonds is 4. The molecular formula is C12H18N4O4. The maximum Gasteiger partial charge on any atom is 0.312 e. The van der Waals surface area contributed by atoms with Crippen LogP contribution in [0.4, 0.5) is 5.69 Å². The molecule has 8 heteroatoms. The van der Waals surface area contributed by atoms with Crippen molar-refractivity contribution in [2.75, 3.05) is 13.1 Å². The fourth-order valence-electron chi connectivity index (χ4n) is 2.50. The van der Waals surface area contributed by atoms with Crippen LogP contribution in [0.5, 0.6) is 0 Å². The minimum atomic E-state index is -0.452. The highest BCUT2D eigenvalue weighted by Crippen LogP contribution is 2.22. The Hall–Kier alpha value is -1.96. The number of aliphatic hydroxyl groups excluding tert-OH is 1. The minimum absolute atomic E-state index is 0.00837.